The number of carboxylic acids is 1. The van der Waals surface area contributed by atoms with E-state index >= 15 is 0 Å². The van der Waals surface area contributed by atoms with Crippen molar-refractivity contribution in [2.75, 3.05) is 7.11 Å². The van der Waals surface area contributed by atoms with Crippen LogP contribution in [-0.4, -0.2) is 27.9 Å². The van der Waals surface area contributed by atoms with Crippen LogP contribution in [0.25, 0.3) is 16.9 Å². The van der Waals surface area contributed by atoms with Gasteiger partial charge < -0.3 is 19.5 Å². The first-order valence-corrected chi connectivity index (χ1v) is 8.78. The molecule has 1 heterocycles. The van der Waals surface area contributed by atoms with Crippen molar-refractivity contribution in [1.29, 1.82) is 0 Å². The van der Waals surface area contributed by atoms with Crippen molar-refractivity contribution in [3.8, 4) is 28.4 Å². The van der Waals surface area contributed by atoms with Crippen molar-refractivity contribution in [3.63, 3.8) is 0 Å². The highest BCUT2D eigenvalue weighted by atomic mass is 16.5. The summed E-state index contributed by atoms with van der Waals surface area (Å²) in [7, 11) is 1.63. The van der Waals surface area contributed by atoms with Crippen molar-refractivity contribution in [3.05, 3.63) is 65.4 Å². The van der Waals surface area contributed by atoms with Crippen LogP contribution in [0, 0.1) is 13.8 Å². The molecule has 0 fully saturated rings. The number of aliphatic carboxylic acids is 1. The smallest absolute Gasteiger partial charge is 0.303 e. The number of aryl methyl sites for hydroxylation is 1. The number of methoxy groups -OCH3 is 1. The number of phenolic OH excluding ortho intramolecular Hbond substituents is 1. The lowest BCUT2D eigenvalue weighted by Gasteiger charge is -2.18. The van der Waals surface area contributed by atoms with E-state index in [2.05, 4.69) is 4.57 Å². The first-order valence-electron chi connectivity index (χ1n) is 8.78. The first kappa shape index (κ1) is 18.6. The number of hydrogen-bond acceptors (Lipinski definition) is 3. The Morgan fingerprint density at radius 1 is 1.00 bits per heavy atom. The van der Waals surface area contributed by atoms with E-state index in [0.717, 1.165) is 39.5 Å². The Bertz CT molecular complexity index is 971. The zero-order valence-corrected chi connectivity index (χ0v) is 15.7. The highest BCUT2D eigenvalue weighted by molar-refractivity contribution is 5.69. The number of carboxylic acid groups (broad SMARTS) is 1. The van der Waals surface area contributed by atoms with Crippen molar-refractivity contribution in [2.24, 2.45) is 0 Å². The number of benzene rings is 2. The average Bonchev–Trinajstić information content (AvgIpc) is 3.08. The Labute approximate surface area is 158 Å². The molecule has 5 nitrogen and oxygen atoms in total. The summed E-state index contributed by atoms with van der Waals surface area (Å²) in [6.45, 7) is 3.84. The van der Waals surface area contributed by atoms with Gasteiger partial charge in [-0.25, -0.2) is 0 Å². The van der Waals surface area contributed by atoms with Crippen LogP contribution in [0.5, 0.6) is 11.5 Å². The third-order valence-electron chi connectivity index (χ3n) is 4.91. The quantitative estimate of drug-likeness (QED) is 0.675. The molecule has 0 saturated heterocycles. The second-order valence-electron chi connectivity index (χ2n) is 6.52. The van der Waals surface area contributed by atoms with Crippen molar-refractivity contribution in [1.82, 2.24) is 4.57 Å². The highest BCUT2D eigenvalue weighted by Crippen LogP contribution is 2.33. The molecule has 0 radical (unpaired) electrons. The number of phenols is 1. The molecule has 0 unspecified atom stereocenters. The van der Waals surface area contributed by atoms with E-state index < -0.39 is 5.97 Å². The Morgan fingerprint density at radius 3 is 2.33 bits per heavy atom. The van der Waals surface area contributed by atoms with Gasteiger partial charge in [-0.15, -0.1) is 0 Å². The van der Waals surface area contributed by atoms with Gasteiger partial charge >= 0.3 is 5.97 Å². The number of aromatic hydroxyl groups is 1. The molecule has 0 bridgehead atoms. The van der Waals surface area contributed by atoms with Crippen LogP contribution in [0.4, 0.5) is 0 Å². The highest BCUT2D eigenvalue weighted by Gasteiger charge is 2.16. The molecule has 0 aliphatic heterocycles. The van der Waals surface area contributed by atoms with Gasteiger partial charge in [0.15, 0.2) is 0 Å². The lowest BCUT2D eigenvalue weighted by molar-refractivity contribution is -0.136. The Balaban J connectivity index is 2.17. The van der Waals surface area contributed by atoms with E-state index in [4.69, 9.17) is 9.84 Å². The van der Waals surface area contributed by atoms with Crippen LogP contribution in [-0.2, 0) is 11.2 Å². The maximum Gasteiger partial charge on any atom is 0.303 e. The number of nitrogens with zero attached hydrogens (tertiary/aromatic N) is 1. The Morgan fingerprint density at radius 2 is 1.70 bits per heavy atom. The standard InChI is InChI=1S/C22H23NO4/c1-14-15(2)21(24)12-11-19(14)23-17(7-13-22(25)26)6-10-20(23)16-4-8-18(27-3)9-5-16/h4-6,8-12,24H,7,13H2,1-3H3,(H,25,26). The molecule has 0 spiro atoms. The predicted molar refractivity (Wildman–Crippen MR) is 105 cm³/mol. The minimum atomic E-state index is -0.827. The average molecular weight is 365 g/mol. The lowest BCUT2D eigenvalue weighted by Crippen LogP contribution is -2.07. The number of carbonyl (C=O) groups is 1. The van der Waals surface area contributed by atoms with E-state index in [0.29, 0.717) is 6.42 Å². The Kier molecular flexibility index (Phi) is 5.21. The minimum Gasteiger partial charge on any atom is -0.508 e. The second-order valence-corrected chi connectivity index (χ2v) is 6.52. The molecule has 0 aliphatic rings. The molecule has 0 saturated carbocycles. The summed E-state index contributed by atoms with van der Waals surface area (Å²) >= 11 is 0. The summed E-state index contributed by atoms with van der Waals surface area (Å²) in [4.78, 5) is 11.1. The van der Waals surface area contributed by atoms with Crippen LogP contribution in [0.1, 0.15) is 23.2 Å². The summed E-state index contributed by atoms with van der Waals surface area (Å²) in [6, 6.07) is 15.3. The van der Waals surface area contributed by atoms with Gasteiger partial charge in [0, 0.05) is 11.4 Å². The monoisotopic (exact) mass is 365 g/mol. The zero-order chi connectivity index (χ0) is 19.6. The van der Waals surface area contributed by atoms with Crippen LogP contribution < -0.4 is 4.74 Å². The minimum absolute atomic E-state index is 0.0577. The maximum absolute atomic E-state index is 11.1. The van der Waals surface area contributed by atoms with Crippen LogP contribution in [0.3, 0.4) is 0 Å². The molecule has 3 rings (SSSR count). The zero-order valence-electron chi connectivity index (χ0n) is 15.7. The van der Waals surface area contributed by atoms with Gasteiger partial charge in [-0.2, -0.15) is 0 Å². The number of hydrogen-bond donors (Lipinski definition) is 2. The summed E-state index contributed by atoms with van der Waals surface area (Å²) in [5.41, 5.74) is 5.58. The molecule has 2 N–H and O–H groups in total. The van der Waals surface area contributed by atoms with Gasteiger partial charge in [0.05, 0.1) is 19.2 Å². The summed E-state index contributed by atoms with van der Waals surface area (Å²) < 4.78 is 7.31. The molecule has 0 aliphatic carbocycles. The Hall–Kier alpha value is -3.21. The molecule has 140 valence electrons. The fraction of sp³-hybridized carbons (Fsp3) is 0.227. The molecule has 27 heavy (non-hydrogen) atoms. The normalized spacial score (nSPS) is 10.8. The second kappa shape index (κ2) is 7.58. The van der Waals surface area contributed by atoms with Crippen LogP contribution >= 0.6 is 0 Å². The fourth-order valence-corrected chi connectivity index (χ4v) is 3.21. The van der Waals surface area contributed by atoms with E-state index in [9.17, 15) is 9.90 Å². The number of ether oxygens (including phenoxy) is 1. The van der Waals surface area contributed by atoms with Gasteiger partial charge in [-0.05, 0) is 85.5 Å². The topological polar surface area (TPSA) is 71.7 Å². The first-order chi connectivity index (χ1) is 12.9. The van der Waals surface area contributed by atoms with Gasteiger partial charge in [-0.1, -0.05) is 0 Å². The van der Waals surface area contributed by atoms with Crippen molar-refractivity contribution in [2.45, 2.75) is 26.7 Å². The predicted octanol–water partition coefficient (Wildman–Crippen LogP) is 4.49. The summed E-state index contributed by atoms with van der Waals surface area (Å²) in [5.74, 6) is 0.202. The summed E-state index contributed by atoms with van der Waals surface area (Å²) in [6.07, 6.45) is 0.479. The molecule has 2 aromatic carbocycles. The van der Waals surface area contributed by atoms with Gasteiger partial charge in [0.2, 0.25) is 0 Å². The molecule has 3 aromatic rings. The van der Waals surface area contributed by atoms with Crippen molar-refractivity contribution < 1.29 is 19.7 Å². The van der Waals surface area contributed by atoms with Gasteiger partial charge in [0.25, 0.3) is 0 Å². The van der Waals surface area contributed by atoms with E-state index in [1.165, 1.54) is 0 Å². The molecule has 5 heteroatoms. The van der Waals surface area contributed by atoms with Crippen LogP contribution in [0.2, 0.25) is 0 Å². The van der Waals surface area contributed by atoms with Gasteiger partial charge in [-0.3, -0.25) is 4.79 Å². The SMILES string of the molecule is COc1ccc(-c2ccc(CCC(=O)O)n2-c2ccc(O)c(C)c2C)cc1. The van der Waals surface area contributed by atoms with E-state index in [1.54, 1.807) is 13.2 Å². The number of rotatable bonds is 6. The molecular formula is C22H23NO4. The lowest BCUT2D eigenvalue weighted by atomic mass is 10.1. The third kappa shape index (κ3) is 3.67. The largest absolute Gasteiger partial charge is 0.508 e. The van der Waals surface area contributed by atoms with Crippen molar-refractivity contribution >= 4 is 5.97 Å². The summed E-state index contributed by atoms with van der Waals surface area (Å²) in [5, 5.41) is 19.1. The maximum atomic E-state index is 11.1. The fourth-order valence-electron chi connectivity index (χ4n) is 3.21. The third-order valence-corrected chi connectivity index (χ3v) is 4.91. The molecule has 1 aromatic heterocycles. The van der Waals surface area contributed by atoms with E-state index in [1.807, 2.05) is 56.3 Å². The number of aromatic nitrogens is 1. The van der Waals surface area contributed by atoms with Gasteiger partial charge in [0.1, 0.15) is 11.5 Å². The molecule has 0 amide bonds. The van der Waals surface area contributed by atoms with Crippen LogP contribution in [0.15, 0.2) is 48.5 Å². The molecule has 0 atom stereocenters. The molecular weight excluding hydrogens is 342 g/mol. The van der Waals surface area contributed by atoms with E-state index in [-0.39, 0.29) is 12.2 Å².